The minimum atomic E-state index is -0.163. The van der Waals surface area contributed by atoms with Crippen molar-refractivity contribution in [3.63, 3.8) is 0 Å². The largest absolute Gasteiger partial charge is 0.297 e. The van der Waals surface area contributed by atoms with Gasteiger partial charge >= 0.3 is 0 Å². The highest BCUT2D eigenvalue weighted by Crippen LogP contribution is 2.50. The van der Waals surface area contributed by atoms with E-state index >= 15 is 0 Å². The molecule has 1 aliphatic carbocycles. The van der Waals surface area contributed by atoms with Crippen LogP contribution in [-0.2, 0) is 10.2 Å². The third-order valence-electron chi connectivity index (χ3n) is 2.91. The number of halogens is 1. The summed E-state index contributed by atoms with van der Waals surface area (Å²) in [7, 11) is 0. The van der Waals surface area contributed by atoms with Crippen molar-refractivity contribution in [2.75, 3.05) is 0 Å². The fourth-order valence-corrected chi connectivity index (χ4v) is 2.38. The topological polar surface area (TPSA) is 17.1 Å². The van der Waals surface area contributed by atoms with Crippen LogP contribution in [0.3, 0.4) is 0 Å². The second-order valence-electron chi connectivity index (χ2n) is 3.93. The summed E-state index contributed by atoms with van der Waals surface area (Å²) < 4.78 is 0. The number of benzene rings is 1. The van der Waals surface area contributed by atoms with E-state index in [1.54, 1.807) is 0 Å². The molecule has 1 nitrogen and oxygen atoms in total. The van der Waals surface area contributed by atoms with E-state index in [2.05, 4.69) is 28.1 Å². The zero-order valence-electron chi connectivity index (χ0n) is 8.16. The zero-order valence-corrected chi connectivity index (χ0v) is 9.75. The fourth-order valence-electron chi connectivity index (χ4n) is 1.94. The van der Waals surface area contributed by atoms with E-state index in [4.69, 9.17) is 0 Å². The van der Waals surface area contributed by atoms with E-state index in [0.29, 0.717) is 5.78 Å². The first kappa shape index (κ1) is 9.91. The van der Waals surface area contributed by atoms with E-state index in [1.807, 2.05) is 25.1 Å². The van der Waals surface area contributed by atoms with E-state index < -0.39 is 0 Å². The Bertz CT molecular complexity index is 339. The molecule has 2 heteroatoms. The van der Waals surface area contributed by atoms with Crippen molar-refractivity contribution in [2.45, 2.75) is 30.0 Å². The molecule has 0 aliphatic heterocycles. The van der Waals surface area contributed by atoms with Crippen molar-refractivity contribution >= 4 is 21.7 Å². The molecule has 1 atom stereocenters. The predicted molar refractivity (Wildman–Crippen MR) is 60.8 cm³/mol. The third kappa shape index (κ3) is 1.52. The van der Waals surface area contributed by atoms with Gasteiger partial charge < -0.3 is 0 Å². The van der Waals surface area contributed by atoms with Gasteiger partial charge in [0.2, 0.25) is 0 Å². The molecule has 0 aromatic heterocycles. The Hall–Kier alpha value is -0.630. The minimum absolute atomic E-state index is 0.0368. The molecule has 0 saturated heterocycles. The van der Waals surface area contributed by atoms with Gasteiger partial charge in [0.15, 0.2) is 5.78 Å². The van der Waals surface area contributed by atoms with Crippen LogP contribution in [0.15, 0.2) is 30.3 Å². The molecule has 0 N–H and O–H groups in total. The van der Waals surface area contributed by atoms with Gasteiger partial charge in [-0.05, 0) is 25.3 Å². The lowest BCUT2D eigenvalue weighted by Gasteiger charge is -2.15. The van der Waals surface area contributed by atoms with Crippen molar-refractivity contribution in [3.05, 3.63) is 35.9 Å². The molecule has 14 heavy (non-hydrogen) atoms. The van der Waals surface area contributed by atoms with Gasteiger partial charge in [-0.1, -0.05) is 46.3 Å². The number of alkyl halides is 1. The fraction of sp³-hybridized carbons (Fsp3) is 0.417. The lowest BCUT2D eigenvalue weighted by atomic mass is 9.90. The summed E-state index contributed by atoms with van der Waals surface area (Å²) in [6.45, 7) is 1.91. The smallest absolute Gasteiger partial charge is 0.156 e. The molecule has 1 fully saturated rings. The molecule has 2 rings (SSSR count). The number of hydrogen-bond donors (Lipinski definition) is 0. The summed E-state index contributed by atoms with van der Waals surface area (Å²) in [5.74, 6) is 0.323. The summed E-state index contributed by atoms with van der Waals surface area (Å²) in [5, 5.41) is 0. The second kappa shape index (κ2) is 3.50. The van der Waals surface area contributed by atoms with Crippen molar-refractivity contribution in [1.82, 2.24) is 0 Å². The zero-order chi connectivity index (χ0) is 10.2. The Kier molecular flexibility index (Phi) is 2.48. The molecule has 0 bridgehead atoms. The van der Waals surface area contributed by atoms with E-state index in [9.17, 15) is 4.79 Å². The van der Waals surface area contributed by atoms with Gasteiger partial charge in [0.25, 0.3) is 0 Å². The SMILES string of the molecule is C[C@@H](Br)C(=O)C1(c2ccccc2)CC1. The van der Waals surface area contributed by atoms with Crippen molar-refractivity contribution < 1.29 is 4.79 Å². The Morgan fingerprint density at radius 1 is 1.36 bits per heavy atom. The number of carbonyl (C=O) groups excluding carboxylic acids is 1. The normalized spacial score (nSPS) is 20.1. The summed E-state index contributed by atoms with van der Waals surface area (Å²) in [4.78, 5) is 11.9. The molecule has 1 aromatic carbocycles. The van der Waals surface area contributed by atoms with Crippen molar-refractivity contribution in [2.24, 2.45) is 0 Å². The first-order valence-electron chi connectivity index (χ1n) is 4.91. The summed E-state index contributed by atoms with van der Waals surface area (Å²) >= 11 is 3.36. The van der Waals surface area contributed by atoms with Crippen LogP contribution in [0.1, 0.15) is 25.3 Å². The molecule has 0 heterocycles. The highest BCUT2D eigenvalue weighted by Gasteiger charge is 2.51. The van der Waals surface area contributed by atoms with Crippen LogP contribution >= 0.6 is 15.9 Å². The summed E-state index contributed by atoms with van der Waals surface area (Å²) in [6.07, 6.45) is 2.01. The molecular formula is C12H13BrO. The number of carbonyl (C=O) groups is 1. The first-order valence-corrected chi connectivity index (χ1v) is 5.82. The predicted octanol–water partition coefficient (Wildman–Crippen LogP) is 3.07. The lowest BCUT2D eigenvalue weighted by molar-refractivity contribution is -0.120. The monoisotopic (exact) mass is 252 g/mol. The van der Waals surface area contributed by atoms with E-state index in [1.165, 1.54) is 5.56 Å². The van der Waals surface area contributed by atoms with Crippen molar-refractivity contribution in [3.8, 4) is 0 Å². The second-order valence-corrected chi connectivity index (χ2v) is 5.30. The van der Waals surface area contributed by atoms with Gasteiger partial charge in [-0.3, -0.25) is 4.79 Å². The molecular weight excluding hydrogens is 240 g/mol. The highest BCUT2D eigenvalue weighted by molar-refractivity contribution is 9.10. The highest BCUT2D eigenvalue weighted by atomic mass is 79.9. The lowest BCUT2D eigenvalue weighted by Crippen LogP contribution is -2.26. The Morgan fingerprint density at radius 2 is 1.93 bits per heavy atom. The van der Waals surface area contributed by atoms with Gasteiger partial charge in [0, 0.05) is 0 Å². The number of rotatable bonds is 3. The van der Waals surface area contributed by atoms with Crippen LogP contribution in [0.5, 0.6) is 0 Å². The summed E-state index contributed by atoms with van der Waals surface area (Å²) in [6, 6.07) is 10.1. The van der Waals surface area contributed by atoms with Crippen LogP contribution in [0, 0.1) is 0 Å². The molecule has 1 saturated carbocycles. The maximum Gasteiger partial charge on any atom is 0.156 e. The Labute approximate surface area is 92.6 Å². The molecule has 1 aliphatic rings. The van der Waals surface area contributed by atoms with Gasteiger partial charge in [0.1, 0.15) is 0 Å². The Morgan fingerprint density at radius 3 is 2.36 bits per heavy atom. The van der Waals surface area contributed by atoms with Gasteiger partial charge in [0.05, 0.1) is 10.2 Å². The minimum Gasteiger partial charge on any atom is -0.297 e. The maximum atomic E-state index is 12.0. The Balaban J connectivity index is 2.30. The number of hydrogen-bond acceptors (Lipinski definition) is 1. The van der Waals surface area contributed by atoms with Crippen LogP contribution in [0.4, 0.5) is 0 Å². The summed E-state index contributed by atoms with van der Waals surface area (Å²) in [5.41, 5.74) is 1.01. The standard InChI is InChI=1S/C12H13BrO/c1-9(13)11(14)12(7-8-12)10-5-3-2-4-6-10/h2-6,9H,7-8H2,1H3/t9-/m1/s1. The molecule has 0 spiro atoms. The third-order valence-corrected chi connectivity index (χ3v) is 3.33. The van der Waals surface area contributed by atoms with E-state index in [0.717, 1.165) is 12.8 Å². The van der Waals surface area contributed by atoms with Crippen LogP contribution in [0.2, 0.25) is 0 Å². The molecule has 0 unspecified atom stereocenters. The molecule has 74 valence electrons. The van der Waals surface area contributed by atoms with E-state index in [-0.39, 0.29) is 10.2 Å². The number of ketones is 1. The quantitative estimate of drug-likeness (QED) is 0.756. The van der Waals surface area contributed by atoms with Gasteiger partial charge in [-0.2, -0.15) is 0 Å². The average Bonchev–Trinajstić information content (AvgIpc) is 2.99. The van der Waals surface area contributed by atoms with Gasteiger partial charge in [-0.15, -0.1) is 0 Å². The average molecular weight is 253 g/mol. The molecule has 0 amide bonds. The number of Topliss-reactive ketones (excluding diaryl/α,β-unsaturated/α-hetero) is 1. The van der Waals surface area contributed by atoms with Crippen LogP contribution in [-0.4, -0.2) is 10.6 Å². The van der Waals surface area contributed by atoms with Gasteiger partial charge in [-0.25, -0.2) is 0 Å². The van der Waals surface area contributed by atoms with Crippen LogP contribution < -0.4 is 0 Å². The molecule has 0 radical (unpaired) electrons. The van der Waals surface area contributed by atoms with Crippen LogP contribution in [0.25, 0.3) is 0 Å². The van der Waals surface area contributed by atoms with Crippen molar-refractivity contribution in [1.29, 1.82) is 0 Å². The maximum absolute atomic E-state index is 12.0. The molecule has 1 aromatic rings. The first-order chi connectivity index (χ1) is 6.67.